The SMILES string of the molecule is CN(C/C(C=NCCBr)=N/N)c1cccc2c1C(=O)N(C1CCC(=O)NC1=O)C2=O. The van der Waals surface area contributed by atoms with Crippen molar-refractivity contribution in [1.82, 2.24) is 10.2 Å². The van der Waals surface area contributed by atoms with Crippen LogP contribution in [0.15, 0.2) is 28.3 Å². The molecule has 3 N–H and O–H groups in total. The number of nitrogens with one attached hydrogen (secondary N) is 1. The summed E-state index contributed by atoms with van der Waals surface area (Å²) < 4.78 is 0. The maximum atomic E-state index is 13.2. The lowest BCUT2D eigenvalue weighted by molar-refractivity contribution is -0.136. The third kappa shape index (κ3) is 4.11. The average Bonchev–Trinajstić information content (AvgIpc) is 2.98. The van der Waals surface area contributed by atoms with E-state index >= 15 is 0 Å². The quantitative estimate of drug-likeness (QED) is 0.191. The van der Waals surface area contributed by atoms with Gasteiger partial charge in [-0.2, -0.15) is 5.10 Å². The molecule has 3 rings (SSSR count). The predicted octanol–water partition coefficient (Wildman–Crippen LogP) is 0.304. The zero-order valence-electron chi connectivity index (χ0n) is 16.3. The Morgan fingerprint density at radius 1 is 1.33 bits per heavy atom. The second-order valence-electron chi connectivity index (χ2n) is 6.85. The van der Waals surface area contributed by atoms with Crippen molar-refractivity contribution in [3.8, 4) is 0 Å². The van der Waals surface area contributed by atoms with Crippen LogP contribution in [0.2, 0.25) is 0 Å². The van der Waals surface area contributed by atoms with E-state index in [4.69, 9.17) is 5.84 Å². The van der Waals surface area contributed by atoms with Crippen LogP contribution >= 0.6 is 15.9 Å². The van der Waals surface area contributed by atoms with Crippen LogP contribution in [0.25, 0.3) is 0 Å². The zero-order valence-corrected chi connectivity index (χ0v) is 17.9. The highest BCUT2D eigenvalue weighted by molar-refractivity contribution is 9.09. The molecule has 1 atom stereocenters. The minimum atomic E-state index is -1.01. The minimum Gasteiger partial charge on any atom is -0.368 e. The third-order valence-corrected chi connectivity index (χ3v) is 5.23. The van der Waals surface area contributed by atoms with Crippen LogP contribution in [-0.4, -0.2) is 72.0 Å². The predicted molar refractivity (Wildman–Crippen MR) is 115 cm³/mol. The lowest BCUT2D eigenvalue weighted by atomic mass is 10.0. The molecule has 1 aromatic carbocycles. The standard InChI is InChI=1S/C19H21BrN6O4/c1-25(10-11(24-21)9-22-8-7-20)13-4-2-3-12-16(13)19(30)26(18(12)29)14-5-6-15(27)23-17(14)28/h2-4,9,14H,5-8,10,21H2,1H3,(H,23,27,28)/b22-9?,24-11+. The number of piperidine rings is 1. The van der Waals surface area contributed by atoms with Gasteiger partial charge in [-0.25, -0.2) is 0 Å². The lowest BCUT2D eigenvalue weighted by Gasteiger charge is -2.28. The van der Waals surface area contributed by atoms with Crippen LogP contribution in [0.1, 0.15) is 33.6 Å². The number of carbonyl (C=O) groups is 4. The highest BCUT2D eigenvalue weighted by Crippen LogP contribution is 2.33. The number of benzene rings is 1. The first kappa shape index (κ1) is 21.6. The molecule has 0 spiro atoms. The summed E-state index contributed by atoms with van der Waals surface area (Å²) in [7, 11) is 1.74. The fourth-order valence-electron chi connectivity index (χ4n) is 3.48. The second kappa shape index (κ2) is 9.16. The zero-order chi connectivity index (χ0) is 21.8. The Morgan fingerprint density at radius 2 is 2.10 bits per heavy atom. The van der Waals surface area contributed by atoms with Crippen molar-refractivity contribution >= 4 is 57.2 Å². The van der Waals surface area contributed by atoms with E-state index in [-0.39, 0.29) is 30.5 Å². The summed E-state index contributed by atoms with van der Waals surface area (Å²) in [5.74, 6) is 3.28. The van der Waals surface area contributed by atoms with Gasteiger partial charge < -0.3 is 10.7 Å². The van der Waals surface area contributed by atoms with E-state index in [0.29, 0.717) is 23.3 Å². The smallest absolute Gasteiger partial charge is 0.264 e. The van der Waals surface area contributed by atoms with Gasteiger partial charge in [0.15, 0.2) is 0 Å². The summed E-state index contributed by atoms with van der Waals surface area (Å²) in [6, 6.07) is 3.92. The molecule has 2 aliphatic heterocycles. The molecular weight excluding hydrogens is 456 g/mol. The van der Waals surface area contributed by atoms with Gasteiger partial charge in [0.2, 0.25) is 11.8 Å². The normalized spacial score (nSPS) is 19.5. The van der Waals surface area contributed by atoms with Gasteiger partial charge in [0.1, 0.15) is 6.04 Å². The number of aliphatic imine (C=N–C) groups is 1. The number of hydrogen-bond donors (Lipinski definition) is 2. The number of fused-ring (bicyclic) bond motifs is 1. The molecule has 1 fully saturated rings. The molecule has 0 radical (unpaired) electrons. The van der Waals surface area contributed by atoms with Crippen molar-refractivity contribution in [3.05, 3.63) is 29.3 Å². The van der Waals surface area contributed by atoms with Crippen molar-refractivity contribution in [3.63, 3.8) is 0 Å². The fourth-order valence-corrected chi connectivity index (χ4v) is 3.68. The van der Waals surface area contributed by atoms with Crippen molar-refractivity contribution in [2.45, 2.75) is 18.9 Å². The van der Waals surface area contributed by atoms with E-state index in [1.807, 2.05) is 0 Å². The molecule has 10 nitrogen and oxygen atoms in total. The molecule has 11 heteroatoms. The summed E-state index contributed by atoms with van der Waals surface area (Å²) in [5.41, 5.74) is 1.43. The molecule has 0 aliphatic carbocycles. The van der Waals surface area contributed by atoms with Crippen LogP contribution in [0.5, 0.6) is 0 Å². The van der Waals surface area contributed by atoms with Gasteiger partial charge in [-0.15, -0.1) is 0 Å². The second-order valence-corrected chi connectivity index (χ2v) is 7.64. The van der Waals surface area contributed by atoms with Gasteiger partial charge in [-0.3, -0.25) is 34.4 Å². The summed E-state index contributed by atoms with van der Waals surface area (Å²) in [4.78, 5) is 56.6. The number of alkyl halides is 1. The monoisotopic (exact) mass is 476 g/mol. The molecule has 0 aromatic heterocycles. The Morgan fingerprint density at radius 3 is 2.77 bits per heavy atom. The maximum absolute atomic E-state index is 13.2. The van der Waals surface area contributed by atoms with E-state index in [0.717, 1.165) is 4.90 Å². The van der Waals surface area contributed by atoms with Crippen molar-refractivity contribution < 1.29 is 19.2 Å². The largest absolute Gasteiger partial charge is 0.368 e. The van der Waals surface area contributed by atoms with Crippen LogP contribution < -0.4 is 16.1 Å². The Hall–Kier alpha value is -3.08. The van der Waals surface area contributed by atoms with Gasteiger partial charge in [-0.1, -0.05) is 22.0 Å². The molecular formula is C19H21BrN6O4. The average molecular weight is 477 g/mol. The number of rotatable bonds is 7. The molecule has 30 heavy (non-hydrogen) atoms. The molecule has 158 valence electrons. The van der Waals surface area contributed by atoms with Crippen molar-refractivity contribution in [1.29, 1.82) is 0 Å². The number of halogens is 1. The lowest BCUT2D eigenvalue weighted by Crippen LogP contribution is -2.54. The summed E-state index contributed by atoms with van der Waals surface area (Å²) in [6.07, 6.45) is 1.74. The van der Waals surface area contributed by atoms with Gasteiger partial charge in [0.25, 0.3) is 11.8 Å². The van der Waals surface area contributed by atoms with Gasteiger partial charge in [0.05, 0.1) is 29.1 Å². The van der Waals surface area contributed by atoms with E-state index in [9.17, 15) is 19.2 Å². The number of anilines is 1. The molecule has 1 saturated heterocycles. The Kier molecular flexibility index (Phi) is 6.60. The Balaban J connectivity index is 1.88. The van der Waals surface area contributed by atoms with Gasteiger partial charge in [0, 0.05) is 31.6 Å². The number of imide groups is 2. The minimum absolute atomic E-state index is 0.0701. The number of nitrogens with zero attached hydrogens (tertiary/aromatic N) is 4. The topological polar surface area (TPSA) is 138 Å². The van der Waals surface area contributed by atoms with E-state index < -0.39 is 29.7 Å². The summed E-state index contributed by atoms with van der Waals surface area (Å²) in [6.45, 7) is 0.829. The van der Waals surface area contributed by atoms with E-state index in [1.54, 1.807) is 36.4 Å². The first-order valence-electron chi connectivity index (χ1n) is 9.27. The van der Waals surface area contributed by atoms with Gasteiger partial charge >= 0.3 is 0 Å². The maximum Gasteiger partial charge on any atom is 0.264 e. The Labute approximate surface area is 181 Å². The van der Waals surface area contributed by atoms with Crippen molar-refractivity contribution in [2.24, 2.45) is 15.9 Å². The highest BCUT2D eigenvalue weighted by Gasteiger charge is 2.45. The van der Waals surface area contributed by atoms with E-state index in [1.165, 1.54) is 0 Å². The third-order valence-electron chi connectivity index (χ3n) is 4.88. The first-order valence-corrected chi connectivity index (χ1v) is 10.4. The fraction of sp³-hybridized carbons (Fsp3) is 0.368. The molecule has 0 bridgehead atoms. The number of hydrogen-bond acceptors (Lipinski definition) is 8. The number of carbonyl (C=O) groups excluding carboxylic acids is 4. The number of hydrazone groups is 1. The number of amides is 4. The molecule has 0 saturated carbocycles. The van der Waals surface area contributed by atoms with Crippen LogP contribution in [0.3, 0.4) is 0 Å². The molecule has 4 amide bonds. The van der Waals surface area contributed by atoms with E-state index in [2.05, 4.69) is 31.3 Å². The molecule has 2 heterocycles. The van der Waals surface area contributed by atoms with Gasteiger partial charge in [-0.05, 0) is 18.6 Å². The molecule has 1 unspecified atom stereocenters. The van der Waals surface area contributed by atoms with Crippen molar-refractivity contribution in [2.75, 3.05) is 30.4 Å². The van der Waals surface area contributed by atoms with Crippen LogP contribution in [-0.2, 0) is 9.59 Å². The highest BCUT2D eigenvalue weighted by atomic mass is 79.9. The first-order chi connectivity index (χ1) is 14.4. The molecule has 1 aromatic rings. The number of nitrogens with two attached hydrogens (primary N) is 1. The molecule has 2 aliphatic rings. The summed E-state index contributed by atoms with van der Waals surface area (Å²) >= 11 is 3.28. The Bertz CT molecular complexity index is 960. The van der Waals surface area contributed by atoms with Crippen LogP contribution in [0.4, 0.5) is 5.69 Å². The summed E-state index contributed by atoms with van der Waals surface area (Å²) in [5, 5.41) is 6.61. The van der Waals surface area contributed by atoms with Crippen LogP contribution in [0, 0.1) is 0 Å².